The zero-order valence-electron chi connectivity index (χ0n) is 16.1. The number of methoxy groups -OCH3 is 2. The van der Waals surface area contributed by atoms with E-state index in [9.17, 15) is 4.79 Å². The number of nitrogens with zero attached hydrogens (tertiary/aromatic N) is 4. The highest BCUT2D eigenvalue weighted by molar-refractivity contribution is 5.96. The predicted molar refractivity (Wildman–Crippen MR) is 108 cm³/mol. The topological polar surface area (TPSA) is 115 Å². The van der Waals surface area contributed by atoms with Crippen LogP contribution >= 0.6 is 0 Å². The number of aromatic amines is 1. The average Bonchev–Trinajstić information content (AvgIpc) is 3.26. The summed E-state index contributed by atoms with van der Waals surface area (Å²) in [5.41, 5.74) is 3.05. The van der Waals surface area contributed by atoms with Crippen LogP contribution in [0.15, 0.2) is 42.7 Å². The molecule has 4 aromatic rings. The molecule has 4 rings (SSSR count). The van der Waals surface area contributed by atoms with Gasteiger partial charge in [0.2, 0.25) is 11.9 Å². The van der Waals surface area contributed by atoms with Crippen LogP contribution in [0.2, 0.25) is 0 Å². The second-order valence-corrected chi connectivity index (χ2v) is 6.20. The van der Waals surface area contributed by atoms with Crippen molar-refractivity contribution < 1.29 is 14.3 Å². The maximum Gasteiger partial charge on any atom is 0.230 e. The molecule has 0 aliphatic rings. The van der Waals surface area contributed by atoms with Crippen LogP contribution in [0.4, 0.5) is 5.95 Å². The molecule has 0 aliphatic carbocycles. The van der Waals surface area contributed by atoms with Crippen molar-refractivity contribution in [3.8, 4) is 34.1 Å². The molecule has 29 heavy (non-hydrogen) atoms. The standard InChI is InChI=1S/C20H18N6O3/c1-11(27)23-20-24-15-6-4-12(13-5-7-16(28-2)17(9-13)29-3)8-14(15)18(25-20)19-21-10-22-26-19/h4-10H,1-3H3,(H,21,22,26)(H,23,24,25,27). The van der Waals surface area contributed by atoms with Crippen molar-refractivity contribution in [2.75, 3.05) is 19.5 Å². The lowest BCUT2D eigenvalue weighted by atomic mass is 10.0. The number of hydrogen-bond acceptors (Lipinski definition) is 7. The molecule has 0 atom stereocenters. The number of rotatable bonds is 5. The van der Waals surface area contributed by atoms with Crippen LogP contribution in [0.3, 0.4) is 0 Å². The van der Waals surface area contributed by atoms with E-state index in [1.165, 1.54) is 13.3 Å². The van der Waals surface area contributed by atoms with Crippen molar-refractivity contribution in [1.82, 2.24) is 25.1 Å². The van der Waals surface area contributed by atoms with Gasteiger partial charge in [-0.05, 0) is 35.4 Å². The minimum absolute atomic E-state index is 0.198. The Balaban J connectivity index is 1.89. The van der Waals surface area contributed by atoms with Gasteiger partial charge in [-0.15, -0.1) is 0 Å². The lowest BCUT2D eigenvalue weighted by Gasteiger charge is -2.11. The summed E-state index contributed by atoms with van der Waals surface area (Å²) in [5.74, 6) is 1.64. The molecule has 2 N–H and O–H groups in total. The number of carbonyl (C=O) groups excluding carboxylic acids is 1. The Morgan fingerprint density at radius 1 is 1.00 bits per heavy atom. The SMILES string of the molecule is COc1ccc(-c2ccc3nc(NC(C)=O)nc(-c4nc[nH]n4)c3c2)cc1OC. The summed E-state index contributed by atoms with van der Waals surface area (Å²) in [6.07, 6.45) is 1.47. The van der Waals surface area contributed by atoms with Crippen molar-refractivity contribution in [2.24, 2.45) is 0 Å². The normalized spacial score (nSPS) is 10.7. The van der Waals surface area contributed by atoms with Crippen molar-refractivity contribution >= 4 is 22.8 Å². The fourth-order valence-corrected chi connectivity index (χ4v) is 3.03. The van der Waals surface area contributed by atoms with Crippen molar-refractivity contribution in [3.63, 3.8) is 0 Å². The number of hydrogen-bond donors (Lipinski definition) is 2. The Labute approximate surface area is 166 Å². The minimum Gasteiger partial charge on any atom is -0.493 e. The average molecular weight is 390 g/mol. The van der Waals surface area contributed by atoms with Crippen LogP contribution in [0.25, 0.3) is 33.5 Å². The first kappa shape index (κ1) is 18.4. The molecule has 0 saturated carbocycles. The van der Waals surface area contributed by atoms with E-state index < -0.39 is 0 Å². The van der Waals surface area contributed by atoms with E-state index in [2.05, 4.69) is 30.5 Å². The lowest BCUT2D eigenvalue weighted by molar-refractivity contribution is -0.114. The minimum atomic E-state index is -0.257. The molecule has 1 amide bonds. The number of H-pyrrole nitrogens is 1. The van der Waals surface area contributed by atoms with Crippen molar-refractivity contribution in [2.45, 2.75) is 6.92 Å². The summed E-state index contributed by atoms with van der Waals surface area (Å²) in [4.78, 5) is 24.5. The maximum absolute atomic E-state index is 11.4. The summed E-state index contributed by atoms with van der Waals surface area (Å²) < 4.78 is 10.7. The fraction of sp³-hybridized carbons (Fsp3) is 0.150. The van der Waals surface area contributed by atoms with Crippen molar-refractivity contribution in [3.05, 3.63) is 42.7 Å². The number of nitrogens with one attached hydrogen (secondary N) is 2. The Morgan fingerprint density at radius 2 is 1.76 bits per heavy atom. The molecule has 9 heteroatoms. The zero-order valence-corrected chi connectivity index (χ0v) is 16.1. The van der Waals surface area contributed by atoms with Gasteiger partial charge in [0.25, 0.3) is 0 Å². The van der Waals surface area contributed by atoms with Gasteiger partial charge in [-0.2, -0.15) is 5.10 Å². The van der Waals surface area contributed by atoms with E-state index in [0.717, 1.165) is 16.5 Å². The number of carbonyl (C=O) groups is 1. The second kappa shape index (κ2) is 7.55. The van der Waals surface area contributed by atoms with Gasteiger partial charge in [0.1, 0.15) is 12.0 Å². The number of anilines is 1. The summed E-state index contributed by atoms with van der Waals surface area (Å²) in [5, 5.41) is 10.2. The van der Waals surface area contributed by atoms with E-state index in [1.54, 1.807) is 14.2 Å². The van der Waals surface area contributed by atoms with Gasteiger partial charge in [0.15, 0.2) is 17.3 Å². The molecule has 0 fully saturated rings. The third-order valence-corrected chi connectivity index (χ3v) is 4.33. The molecule has 2 heterocycles. The molecule has 9 nitrogen and oxygen atoms in total. The van der Waals surface area contributed by atoms with Gasteiger partial charge in [-0.3, -0.25) is 15.2 Å². The van der Waals surface area contributed by atoms with Gasteiger partial charge in [-0.25, -0.2) is 15.0 Å². The predicted octanol–water partition coefficient (Wildman–Crippen LogP) is 3.06. The third-order valence-electron chi connectivity index (χ3n) is 4.33. The molecule has 146 valence electrons. The quantitative estimate of drug-likeness (QED) is 0.538. The van der Waals surface area contributed by atoms with E-state index in [1.807, 2.05) is 36.4 Å². The number of benzene rings is 2. The first-order valence-electron chi connectivity index (χ1n) is 8.77. The molecule has 0 unspecified atom stereocenters. The first-order chi connectivity index (χ1) is 14.1. The number of ether oxygens (including phenoxy) is 2. The number of amides is 1. The highest BCUT2D eigenvalue weighted by Gasteiger charge is 2.15. The zero-order chi connectivity index (χ0) is 20.4. The van der Waals surface area contributed by atoms with Gasteiger partial charge < -0.3 is 9.47 Å². The molecule has 2 aromatic heterocycles. The first-order valence-corrected chi connectivity index (χ1v) is 8.77. The maximum atomic E-state index is 11.4. The van der Waals surface area contributed by atoms with Crippen LogP contribution < -0.4 is 14.8 Å². The smallest absolute Gasteiger partial charge is 0.230 e. The van der Waals surface area contributed by atoms with Crippen LogP contribution in [0.1, 0.15) is 6.92 Å². The Bertz CT molecular complexity index is 1190. The molecule has 0 saturated heterocycles. The monoisotopic (exact) mass is 390 g/mol. The van der Waals surface area contributed by atoms with E-state index >= 15 is 0 Å². The fourth-order valence-electron chi connectivity index (χ4n) is 3.03. The lowest BCUT2D eigenvalue weighted by Crippen LogP contribution is -2.10. The molecular weight excluding hydrogens is 372 g/mol. The highest BCUT2D eigenvalue weighted by atomic mass is 16.5. The summed E-state index contributed by atoms with van der Waals surface area (Å²) >= 11 is 0. The van der Waals surface area contributed by atoms with Crippen molar-refractivity contribution in [1.29, 1.82) is 0 Å². The van der Waals surface area contributed by atoms with E-state index in [0.29, 0.717) is 28.5 Å². The molecule has 2 aromatic carbocycles. The summed E-state index contributed by atoms with van der Waals surface area (Å²) in [6, 6.07) is 11.5. The molecule has 0 spiro atoms. The van der Waals surface area contributed by atoms with Gasteiger partial charge in [-0.1, -0.05) is 12.1 Å². The summed E-state index contributed by atoms with van der Waals surface area (Å²) in [7, 11) is 3.20. The van der Waals surface area contributed by atoms with Crippen LogP contribution in [0, 0.1) is 0 Å². The number of fused-ring (bicyclic) bond motifs is 1. The van der Waals surface area contributed by atoms with Crippen LogP contribution in [-0.2, 0) is 4.79 Å². The Morgan fingerprint density at radius 3 is 2.45 bits per heavy atom. The highest BCUT2D eigenvalue weighted by Crippen LogP contribution is 2.34. The molecule has 0 bridgehead atoms. The van der Waals surface area contributed by atoms with Gasteiger partial charge in [0, 0.05) is 12.3 Å². The molecule has 0 radical (unpaired) electrons. The third kappa shape index (κ3) is 3.57. The largest absolute Gasteiger partial charge is 0.493 e. The van der Waals surface area contributed by atoms with E-state index in [-0.39, 0.29) is 11.9 Å². The van der Waals surface area contributed by atoms with Gasteiger partial charge in [0.05, 0.1) is 19.7 Å². The molecular formula is C20H18N6O3. The van der Waals surface area contributed by atoms with Gasteiger partial charge >= 0.3 is 0 Å². The van der Waals surface area contributed by atoms with Crippen LogP contribution in [0.5, 0.6) is 11.5 Å². The Kier molecular flexibility index (Phi) is 4.78. The van der Waals surface area contributed by atoms with E-state index in [4.69, 9.17) is 9.47 Å². The second-order valence-electron chi connectivity index (χ2n) is 6.20. The number of aromatic nitrogens is 5. The summed E-state index contributed by atoms with van der Waals surface area (Å²) in [6.45, 7) is 1.40. The van der Waals surface area contributed by atoms with Crippen LogP contribution in [-0.4, -0.2) is 45.3 Å². The molecule has 0 aliphatic heterocycles. The Hall–Kier alpha value is -4.01.